The van der Waals surface area contributed by atoms with E-state index in [0.29, 0.717) is 18.4 Å². The van der Waals surface area contributed by atoms with Gasteiger partial charge in [0.15, 0.2) is 5.96 Å². The predicted octanol–water partition coefficient (Wildman–Crippen LogP) is 3.91. The molecule has 0 saturated carbocycles. The van der Waals surface area contributed by atoms with Gasteiger partial charge in [0.2, 0.25) is 0 Å². The van der Waals surface area contributed by atoms with Crippen molar-refractivity contribution >= 4 is 29.9 Å². The highest BCUT2D eigenvalue weighted by atomic mass is 127. The van der Waals surface area contributed by atoms with Crippen LogP contribution < -0.4 is 5.32 Å². The van der Waals surface area contributed by atoms with E-state index in [1.807, 2.05) is 6.07 Å². The van der Waals surface area contributed by atoms with Gasteiger partial charge < -0.3 is 20.1 Å². The SMILES string of the molecule is CCCC(CCO)CN=C(NCC)N1CCC(COCc2ccccc2)C1.I. The Hall–Kier alpha value is -0.860. The van der Waals surface area contributed by atoms with Crippen molar-refractivity contribution < 1.29 is 9.84 Å². The molecule has 0 aromatic heterocycles. The summed E-state index contributed by atoms with van der Waals surface area (Å²) in [5.41, 5.74) is 1.23. The molecule has 0 amide bonds. The molecule has 2 N–H and O–H groups in total. The molecular weight excluding hydrogens is 465 g/mol. The normalized spacial score (nSPS) is 18.0. The maximum absolute atomic E-state index is 9.25. The molecular formula is C22H38IN3O2. The average Bonchev–Trinajstić information content (AvgIpc) is 3.15. The minimum atomic E-state index is 0. The maximum atomic E-state index is 9.25. The number of likely N-dealkylation sites (tertiary alicyclic amines) is 1. The van der Waals surface area contributed by atoms with E-state index in [0.717, 1.165) is 64.4 Å². The Labute approximate surface area is 188 Å². The van der Waals surface area contributed by atoms with Crippen molar-refractivity contribution in [2.75, 3.05) is 39.4 Å². The van der Waals surface area contributed by atoms with Crippen molar-refractivity contribution in [2.24, 2.45) is 16.8 Å². The number of aliphatic hydroxyl groups is 1. The van der Waals surface area contributed by atoms with Crippen molar-refractivity contribution in [3.8, 4) is 0 Å². The fourth-order valence-corrected chi connectivity index (χ4v) is 3.64. The van der Waals surface area contributed by atoms with E-state index >= 15 is 0 Å². The third-order valence-corrected chi connectivity index (χ3v) is 5.12. The van der Waals surface area contributed by atoms with Gasteiger partial charge in [-0.25, -0.2) is 0 Å². The lowest BCUT2D eigenvalue weighted by Crippen LogP contribution is -2.40. The number of rotatable bonds is 11. The minimum absolute atomic E-state index is 0. The summed E-state index contributed by atoms with van der Waals surface area (Å²) in [6.07, 6.45) is 4.25. The van der Waals surface area contributed by atoms with Gasteiger partial charge in [-0.15, -0.1) is 24.0 Å². The number of halogens is 1. The summed E-state index contributed by atoms with van der Waals surface area (Å²) in [4.78, 5) is 7.24. The van der Waals surface area contributed by atoms with Crippen LogP contribution in [0.4, 0.5) is 0 Å². The standard InChI is InChI=1S/C22H37N3O2.HI/c1-3-8-19(12-14-26)15-24-22(23-4-2)25-13-11-21(16-25)18-27-17-20-9-6-5-7-10-20;/h5-7,9-10,19,21,26H,3-4,8,11-18H2,1-2H3,(H,23,24);1H. The van der Waals surface area contributed by atoms with Crippen molar-refractivity contribution in [3.05, 3.63) is 35.9 Å². The molecule has 1 aromatic carbocycles. The Bertz CT molecular complexity index is 536. The molecule has 2 rings (SSSR count). The Morgan fingerprint density at radius 1 is 1.29 bits per heavy atom. The zero-order valence-corrected chi connectivity index (χ0v) is 19.8. The zero-order valence-electron chi connectivity index (χ0n) is 17.5. The Morgan fingerprint density at radius 2 is 2.07 bits per heavy atom. The Kier molecular flexibility index (Phi) is 13.5. The quantitative estimate of drug-likeness (QED) is 0.273. The lowest BCUT2D eigenvalue weighted by atomic mass is 10.0. The maximum Gasteiger partial charge on any atom is 0.193 e. The van der Waals surface area contributed by atoms with Gasteiger partial charge in [-0.1, -0.05) is 43.7 Å². The molecule has 1 fully saturated rings. The third-order valence-electron chi connectivity index (χ3n) is 5.12. The lowest BCUT2D eigenvalue weighted by Gasteiger charge is -2.23. The highest BCUT2D eigenvalue weighted by Gasteiger charge is 2.25. The highest BCUT2D eigenvalue weighted by Crippen LogP contribution is 2.18. The van der Waals surface area contributed by atoms with E-state index in [4.69, 9.17) is 9.73 Å². The number of benzene rings is 1. The summed E-state index contributed by atoms with van der Waals surface area (Å²) in [5.74, 6) is 2.05. The molecule has 0 aliphatic carbocycles. The summed E-state index contributed by atoms with van der Waals surface area (Å²) in [6, 6.07) is 10.4. The molecule has 2 unspecified atom stereocenters. The van der Waals surface area contributed by atoms with Crippen LogP contribution in [0.5, 0.6) is 0 Å². The Balaban J connectivity index is 0.00000392. The van der Waals surface area contributed by atoms with Gasteiger partial charge in [-0.2, -0.15) is 0 Å². The molecule has 1 heterocycles. The van der Waals surface area contributed by atoms with E-state index in [1.165, 1.54) is 5.56 Å². The molecule has 28 heavy (non-hydrogen) atoms. The summed E-state index contributed by atoms with van der Waals surface area (Å²) in [6.45, 7) is 9.75. The van der Waals surface area contributed by atoms with Gasteiger partial charge in [-0.3, -0.25) is 4.99 Å². The van der Waals surface area contributed by atoms with Crippen molar-refractivity contribution in [3.63, 3.8) is 0 Å². The number of guanidine groups is 1. The van der Waals surface area contributed by atoms with Crippen LogP contribution >= 0.6 is 24.0 Å². The Morgan fingerprint density at radius 3 is 2.75 bits per heavy atom. The first-order valence-corrected chi connectivity index (χ1v) is 10.5. The molecule has 0 bridgehead atoms. The second kappa shape index (κ2) is 15.0. The van der Waals surface area contributed by atoms with Gasteiger partial charge in [-0.05, 0) is 37.7 Å². The molecule has 5 nitrogen and oxygen atoms in total. The lowest BCUT2D eigenvalue weighted by molar-refractivity contribution is 0.0906. The van der Waals surface area contributed by atoms with Crippen LogP contribution in [0.25, 0.3) is 0 Å². The van der Waals surface area contributed by atoms with Crippen molar-refractivity contribution in [1.82, 2.24) is 10.2 Å². The van der Waals surface area contributed by atoms with Crippen LogP contribution in [0.1, 0.15) is 45.1 Å². The van der Waals surface area contributed by atoms with E-state index in [1.54, 1.807) is 0 Å². The smallest absolute Gasteiger partial charge is 0.193 e. The first-order valence-electron chi connectivity index (χ1n) is 10.5. The monoisotopic (exact) mass is 503 g/mol. The second-order valence-corrected chi connectivity index (χ2v) is 7.46. The summed E-state index contributed by atoms with van der Waals surface area (Å²) in [7, 11) is 0. The average molecular weight is 503 g/mol. The summed E-state index contributed by atoms with van der Waals surface area (Å²) in [5, 5.41) is 12.7. The van der Waals surface area contributed by atoms with Crippen LogP contribution in [-0.2, 0) is 11.3 Å². The molecule has 1 aromatic rings. The summed E-state index contributed by atoms with van der Waals surface area (Å²) >= 11 is 0. The van der Waals surface area contributed by atoms with Gasteiger partial charge in [0, 0.05) is 38.7 Å². The second-order valence-electron chi connectivity index (χ2n) is 7.46. The van der Waals surface area contributed by atoms with Crippen LogP contribution in [-0.4, -0.2) is 55.4 Å². The zero-order chi connectivity index (χ0) is 19.3. The largest absolute Gasteiger partial charge is 0.396 e. The third kappa shape index (κ3) is 9.09. The van der Waals surface area contributed by atoms with Crippen molar-refractivity contribution in [1.29, 1.82) is 0 Å². The van der Waals surface area contributed by atoms with E-state index in [9.17, 15) is 5.11 Å². The molecule has 0 spiro atoms. The number of hydrogen-bond donors (Lipinski definition) is 2. The number of nitrogens with zero attached hydrogens (tertiary/aromatic N) is 2. The number of nitrogens with one attached hydrogen (secondary N) is 1. The van der Waals surface area contributed by atoms with Crippen LogP contribution in [0, 0.1) is 11.8 Å². The number of aliphatic imine (C=N–C) groups is 1. The van der Waals surface area contributed by atoms with Crippen LogP contribution in [0.15, 0.2) is 35.3 Å². The molecule has 160 valence electrons. The predicted molar refractivity (Wildman–Crippen MR) is 127 cm³/mol. The first-order chi connectivity index (χ1) is 13.3. The van der Waals surface area contributed by atoms with E-state index < -0.39 is 0 Å². The van der Waals surface area contributed by atoms with E-state index in [2.05, 4.69) is 48.3 Å². The summed E-state index contributed by atoms with van der Waals surface area (Å²) < 4.78 is 5.94. The van der Waals surface area contributed by atoms with Gasteiger partial charge >= 0.3 is 0 Å². The van der Waals surface area contributed by atoms with Gasteiger partial charge in [0.1, 0.15) is 0 Å². The van der Waals surface area contributed by atoms with Crippen LogP contribution in [0.2, 0.25) is 0 Å². The molecule has 1 aliphatic heterocycles. The van der Waals surface area contributed by atoms with Crippen molar-refractivity contribution in [2.45, 2.75) is 46.1 Å². The number of ether oxygens (including phenoxy) is 1. The highest BCUT2D eigenvalue weighted by molar-refractivity contribution is 14.0. The van der Waals surface area contributed by atoms with E-state index in [-0.39, 0.29) is 30.6 Å². The fraction of sp³-hybridized carbons (Fsp3) is 0.682. The minimum Gasteiger partial charge on any atom is -0.396 e. The van der Waals surface area contributed by atoms with Gasteiger partial charge in [0.05, 0.1) is 13.2 Å². The first kappa shape index (κ1) is 25.2. The topological polar surface area (TPSA) is 57.1 Å². The molecule has 0 radical (unpaired) electrons. The number of aliphatic hydroxyl groups excluding tert-OH is 1. The molecule has 2 atom stereocenters. The number of hydrogen-bond acceptors (Lipinski definition) is 3. The molecule has 1 aliphatic rings. The van der Waals surface area contributed by atoms with Gasteiger partial charge in [0.25, 0.3) is 0 Å². The molecule has 6 heteroatoms. The molecule has 1 saturated heterocycles. The fourth-order valence-electron chi connectivity index (χ4n) is 3.64. The van der Waals surface area contributed by atoms with Crippen LogP contribution in [0.3, 0.4) is 0 Å².